The van der Waals surface area contributed by atoms with Crippen LogP contribution in [0.4, 0.5) is 17.3 Å². The van der Waals surface area contributed by atoms with Crippen molar-refractivity contribution in [3.05, 3.63) is 50.2 Å². The zero-order valence-corrected chi connectivity index (χ0v) is 15.4. The molecule has 1 heterocycles. The molecular weight excluding hydrogens is 383 g/mol. The number of aromatic nitrogens is 2. The molecule has 1 unspecified atom stereocenters. The molecule has 0 saturated heterocycles. The minimum absolute atomic E-state index is 0.0288. The summed E-state index contributed by atoms with van der Waals surface area (Å²) in [6, 6.07) is 4.33. The van der Waals surface area contributed by atoms with Crippen LogP contribution in [0.2, 0.25) is 10.0 Å². The first-order chi connectivity index (χ1) is 12.3. The monoisotopic (exact) mass is 398 g/mol. The molecule has 0 aliphatic rings. The van der Waals surface area contributed by atoms with E-state index >= 15 is 0 Å². The number of anilines is 2. The van der Waals surface area contributed by atoms with Crippen molar-refractivity contribution in [1.29, 1.82) is 0 Å². The molecule has 0 saturated carbocycles. The van der Waals surface area contributed by atoms with Crippen LogP contribution in [0.1, 0.15) is 30.6 Å². The first-order valence-corrected chi connectivity index (χ1v) is 8.36. The zero-order valence-electron chi connectivity index (χ0n) is 13.9. The highest BCUT2D eigenvalue weighted by Gasteiger charge is 2.24. The third kappa shape index (κ3) is 4.70. The molecule has 1 amide bonds. The van der Waals surface area contributed by atoms with Crippen LogP contribution in [0.15, 0.2) is 24.5 Å². The quantitative estimate of drug-likeness (QED) is 0.480. The van der Waals surface area contributed by atoms with Gasteiger partial charge in [0.25, 0.3) is 5.91 Å². The van der Waals surface area contributed by atoms with Gasteiger partial charge < -0.3 is 5.32 Å². The molecule has 9 nitrogen and oxygen atoms in total. The summed E-state index contributed by atoms with van der Waals surface area (Å²) in [7, 11) is 0. The molecule has 3 N–H and O–H groups in total. The molecule has 1 atom stereocenters. The summed E-state index contributed by atoms with van der Waals surface area (Å²) in [5.41, 5.74) is 4.54. The number of amides is 1. The van der Waals surface area contributed by atoms with E-state index in [1.54, 1.807) is 0 Å². The van der Waals surface area contributed by atoms with E-state index in [-0.39, 0.29) is 34.0 Å². The van der Waals surface area contributed by atoms with Crippen LogP contribution in [-0.4, -0.2) is 26.8 Å². The van der Waals surface area contributed by atoms with Gasteiger partial charge in [0.1, 0.15) is 6.33 Å². The number of carbonyl (C=O) groups excluding carboxylic acids is 1. The summed E-state index contributed by atoms with van der Waals surface area (Å²) >= 11 is 11.8. The number of halogens is 2. The van der Waals surface area contributed by atoms with Crippen LogP contribution in [-0.2, 0) is 0 Å². The van der Waals surface area contributed by atoms with E-state index in [0.717, 1.165) is 12.7 Å². The minimum atomic E-state index is -0.630. The molecule has 0 bridgehead atoms. The number of hydrogen-bond donors (Lipinski definition) is 3. The Hall–Kier alpha value is -2.65. The van der Waals surface area contributed by atoms with Crippen molar-refractivity contribution in [1.82, 2.24) is 15.4 Å². The molecule has 138 valence electrons. The Morgan fingerprint density at radius 2 is 2.00 bits per heavy atom. The van der Waals surface area contributed by atoms with Crippen LogP contribution >= 0.6 is 23.2 Å². The maximum Gasteiger partial charge on any atom is 0.354 e. The van der Waals surface area contributed by atoms with Crippen LogP contribution in [0.25, 0.3) is 0 Å². The highest BCUT2D eigenvalue weighted by molar-refractivity contribution is 6.36. The van der Waals surface area contributed by atoms with Crippen LogP contribution in [0.3, 0.4) is 0 Å². The molecule has 0 aliphatic heterocycles. The van der Waals surface area contributed by atoms with Crippen molar-refractivity contribution < 1.29 is 9.72 Å². The maximum absolute atomic E-state index is 12.2. The first kappa shape index (κ1) is 19.7. The number of hydrogen-bond acceptors (Lipinski definition) is 7. The first-order valence-electron chi connectivity index (χ1n) is 7.60. The largest absolute Gasteiger partial charge is 0.362 e. The maximum atomic E-state index is 12.2. The number of nitrogens with zero attached hydrogens (tertiary/aromatic N) is 3. The number of benzene rings is 1. The normalized spacial score (nSPS) is 11.5. The molecule has 1 aromatic heterocycles. The summed E-state index contributed by atoms with van der Waals surface area (Å²) in [5, 5.41) is 14.9. The van der Waals surface area contributed by atoms with Gasteiger partial charge in [-0.1, -0.05) is 30.1 Å². The Morgan fingerprint density at radius 1 is 1.31 bits per heavy atom. The van der Waals surface area contributed by atoms with Crippen LogP contribution in [0, 0.1) is 10.1 Å². The zero-order chi connectivity index (χ0) is 19.3. The minimum Gasteiger partial charge on any atom is -0.362 e. The lowest BCUT2D eigenvalue weighted by molar-refractivity contribution is -0.383. The van der Waals surface area contributed by atoms with Crippen molar-refractivity contribution in [2.24, 2.45) is 0 Å². The number of nitro groups is 1. The predicted octanol–water partition coefficient (Wildman–Crippen LogP) is 3.66. The van der Waals surface area contributed by atoms with Crippen LogP contribution in [0.5, 0.6) is 0 Å². The van der Waals surface area contributed by atoms with Gasteiger partial charge in [-0.15, -0.1) is 0 Å². The standard InChI is InChI=1S/C15H16Cl2N6O3/c1-3-8(2)20-13-12(23(25)26)14(19-7-18-13)21-22-15(24)10-5-4-9(16)6-11(10)17/h4-8H,3H2,1-2H3,(H,22,24)(H2,18,19,20,21). The molecule has 26 heavy (non-hydrogen) atoms. The summed E-state index contributed by atoms with van der Waals surface area (Å²) in [6.45, 7) is 3.79. The van der Waals surface area contributed by atoms with Gasteiger partial charge in [-0.25, -0.2) is 9.97 Å². The lowest BCUT2D eigenvalue weighted by Crippen LogP contribution is -2.30. The van der Waals surface area contributed by atoms with Gasteiger partial charge in [0.15, 0.2) is 0 Å². The average Bonchev–Trinajstić information content (AvgIpc) is 2.59. The predicted molar refractivity (Wildman–Crippen MR) is 99.6 cm³/mol. The van der Waals surface area contributed by atoms with E-state index in [9.17, 15) is 14.9 Å². The lowest BCUT2D eigenvalue weighted by Gasteiger charge is -2.14. The van der Waals surface area contributed by atoms with E-state index in [1.807, 2.05) is 13.8 Å². The van der Waals surface area contributed by atoms with E-state index in [2.05, 4.69) is 26.1 Å². The van der Waals surface area contributed by atoms with Gasteiger partial charge >= 0.3 is 5.69 Å². The number of hydrazine groups is 1. The van der Waals surface area contributed by atoms with E-state index in [0.29, 0.717) is 5.02 Å². The Morgan fingerprint density at radius 3 is 2.62 bits per heavy atom. The fraction of sp³-hybridized carbons (Fsp3) is 0.267. The van der Waals surface area contributed by atoms with Gasteiger partial charge in [-0.2, -0.15) is 0 Å². The molecular formula is C15H16Cl2N6O3. The molecule has 2 aromatic rings. The second kappa shape index (κ2) is 8.63. The summed E-state index contributed by atoms with van der Waals surface area (Å²) < 4.78 is 0. The van der Waals surface area contributed by atoms with Crippen molar-refractivity contribution in [3.8, 4) is 0 Å². The fourth-order valence-electron chi connectivity index (χ4n) is 1.94. The van der Waals surface area contributed by atoms with Crippen molar-refractivity contribution in [2.45, 2.75) is 26.3 Å². The average molecular weight is 399 g/mol. The Labute approximate surface area is 159 Å². The van der Waals surface area contributed by atoms with E-state index < -0.39 is 10.8 Å². The Kier molecular flexibility index (Phi) is 6.53. The second-order valence-corrected chi connectivity index (χ2v) is 6.18. The lowest BCUT2D eigenvalue weighted by atomic mass is 10.2. The van der Waals surface area contributed by atoms with Crippen molar-refractivity contribution in [2.75, 3.05) is 10.7 Å². The topological polar surface area (TPSA) is 122 Å². The third-order valence-electron chi connectivity index (χ3n) is 3.47. The number of carbonyl (C=O) groups is 1. The van der Waals surface area contributed by atoms with Crippen LogP contribution < -0.4 is 16.2 Å². The number of nitrogens with one attached hydrogen (secondary N) is 3. The summed E-state index contributed by atoms with van der Waals surface area (Å²) in [5.74, 6) is -0.703. The molecule has 11 heteroatoms. The van der Waals surface area contributed by atoms with Crippen molar-refractivity contribution in [3.63, 3.8) is 0 Å². The SMILES string of the molecule is CCC(C)Nc1ncnc(NNC(=O)c2ccc(Cl)cc2Cl)c1[N+](=O)[O-]. The number of rotatable bonds is 7. The van der Waals surface area contributed by atoms with Gasteiger partial charge in [0.05, 0.1) is 15.5 Å². The molecule has 1 aromatic carbocycles. The molecule has 0 aliphatic carbocycles. The Balaban J connectivity index is 2.22. The molecule has 0 radical (unpaired) electrons. The Bertz CT molecular complexity index is 833. The van der Waals surface area contributed by atoms with Gasteiger partial charge in [-0.05, 0) is 31.5 Å². The summed E-state index contributed by atoms with van der Waals surface area (Å²) in [4.78, 5) is 30.7. The van der Waals surface area contributed by atoms with E-state index in [1.165, 1.54) is 18.2 Å². The molecule has 0 spiro atoms. The second-order valence-electron chi connectivity index (χ2n) is 5.33. The fourth-order valence-corrected chi connectivity index (χ4v) is 2.44. The highest BCUT2D eigenvalue weighted by Crippen LogP contribution is 2.29. The van der Waals surface area contributed by atoms with Gasteiger partial charge in [0.2, 0.25) is 11.6 Å². The van der Waals surface area contributed by atoms with Crippen molar-refractivity contribution >= 4 is 46.4 Å². The smallest absolute Gasteiger partial charge is 0.354 e. The molecule has 0 fully saturated rings. The third-order valence-corrected chi connectivity index (χ3v) is 4.02. The molecule has 2 rings (SSSR count). The summed E-state index contributed by atoms with van der Waals surface area (Å²) in [6.07, 6.45) is 1.90. The van der Waals surface area contributed by atoms with E-state index in [4.69, 9.17) is 23.2 Å². The van der Waals surface area contributed by atoms with Gasteiger partial charge in [0, 0.05) is 11.1 Å². The van der Waals surface area contributed by atoms with Gasteiger partial charge in [-0.3, -0.25) is 25.8 Å². The highest BCUT2D eigenvalue weighted by atomic mass is 35.5.